The molecule has 0 aromatic heterocycles. The van der Waals surface area contributed by atoms with Gasteiger partial charge in [-0.05, 0) is 24.0 Å². The number of unbranched alkanes of at least 4 members (excludes halogenated alkanes) is 3. The first-order chi connectivity index (χ1) is 11.1. The molecule has 128 valence electrons. The molecule has 3 nitrogen and oxygen atoms in total. The molecule has 0 N–H and O–H groups in total. The highest BCUT2D eigenvalue weighted by Crippen LogP contribution is 2.10. The maximum absolute atomic E-state index is 12.2. The predicted octanol–water partition coefficient (Wildman–Crippen LogP) is 4.87. The molecule has 0 saturated heterocycles. The summed E-state index contributed by atoms with van der Waals surface area (Å²) < 4.78 is 11.0. The van der Waals surface area contributed by atoms with Gasteiger partial charge in [0.05, 0.1) is 18.8 Å². The second kappa shape index (κ2) is 11.9. The Balaban J connectivity index is 2.58. The second-order valence-electron chi connectivity index (χ2n) is 6.19. The molecule has 23 heavy (non-hydrogen) atoms. The maximum Gasteiger partial charge on any atom is 0.336 e. The molecule has 0 radical (unpaired) electrons. The summed E-state index contributed by atoms with van der Waals surface area (Å²) >= 11 is 0. The molecule has 1 aromatic carbocycles. The molecule has 0 amide bonds. The van der Waals surface area contributed by atoms with Crippen molar-refractivity contribution in [1.29, 1.82) is 0 Å². The first kappa shape index (κ1) is 19.4. The zero-order valence-corrected chi connectivity index (χ0v) is 14.7. The van der Waals surface area contributed by atoms with Crippen LogP contribution in [-0.2, 0) is 14.3 Å². The van der Waals surface area contributed by atoms with Crippen LogP contribution in [0.2, 0.25) is 0 Å². The second-order valence-corrected chi connectivity index (χ2v) is 6.19. The fourth-order valence-corrected chi connectivity index (χ4v) is 2.06. The maximum atomic E-state index is 12.2. The van der Waals surface area contributed by atoms with Crippen molar-refractivity contribution in [3.05, 3.63) is 41.5 Å². The van der Waals surface area contributed by atoms with Gasteiger partial charge < -0.3 is 9.47 Å². The van der Waals surface area contributed by atoms with Crippen molar-refractivity contribution in [1.82, 2.24) is 0 Å². The lowest BCUT2D eigenvalue weighted by atomic mass is 10.1. The summed E-state index contributed by atoms with van der Waals surface area (Å²) in [5.41, 5.74) is 1.56. The minimum absolute atomic E-state index is 0.281. The van der Waals surface area contributed by atoms with Crippen molar-refractivity contribution in [3.63, 3.8) is 0 Å². The molecule has 3 heteroatoms. The number of carbonyl (C=O) groups is 1. The zero-order chi connectivity index (χ0) is 16.9. The molecule has 0 unspecified atom stereocenters. The Morgan fingerprint density at radius 1 is 1.13 bits per heavy atom. The number of rotatable bonds is 11. The number of ether oxygens (including phenoxy) is 2. The Morgan fingerprint density at radius 3 is 2.52 bits per heavy atom. The van der Waals surface area contributed by atoms with Gasteiger partial charge in [-0.3, -0.25) is 0 Å². The van der Waals surface area contributed by atoms with Crippen LogP contribution >= 0.6 is 0 Å². The standard InChI is InChI=1S/C20H30O3/c1-4-5-6-10-13-22-16-19(20(21)23-15-17(2)3)14-18-11-8-7-9-12-18/h7-9,11-12,14,17H,4-6,10,13,15-16H2,1-3H3. The lowest BCUT2D eigenvalue weighted by Crippen LogP contribution is -2.16. The normalized spacial score (nSPS) is 11.7. The van der Waals surface area contributed by atoms with Crippen molar-refractivity contribution in [2.45, 2.75) is 46.5 Å². The van der Waals surface area contributed by atoms with E-state index in [2.05, 4.69) is 6.92 Å². The molecular weight excluding hydrogens is 288 g/mol. The van der Waals surface area contributed by atoms with E-state index in [0.29, 0.717) is 31.3 Å². The molecule has 0 heterocycles. The molecule has 0 saturated carbocycles. The van der Waals surface area contributed by atoms with E-state index in [1.807, 2.05) is 50.3 Å². The van der Waals surface area contributed by atoms with E-state index in [1.165, 1.54) is 19.3 Å². The summed E-state index contributed by atoms with van der Waals surface area (Å²) in [5.74, 6) is 0.0444. The van der Waals surface area contributed by atoms with Crippen molar-refractivity contribution in [2.75, 3.05) is 19.8 Å². The van der Waals surface area contributed by atoms with Gasteiger partial charge in [-0.15, -0.1) is 0 Å². The number of benzene rings is 1. The van der Waals surface area contributed by atoms with Crippen LogP contribution in [0.1, 0.15) is 52.0 Å². The molecule has 0 aliphatic rings. The summed E-state index contributed by atoms with van der Waals surface area (Å²) in [7, 11) is 0. The van der Waals surface area contributed by atoms with Gasteiger partial charge in [-0.1, -0.05) is 70.4 Å². The lowest BCUT2D eigenvalue weighted by molar-refractivity contribution is -0.140. The van der Waals surface area contributed by atoms with Crippen molar-refractivity contribution < 1.29 is 14.3 Å². The highest BCUT2D eigenvalue weighted by atomic mass is 16.5. The van der Waals surface area contributed by atoms with E-state index in [1.54, 1.807) is 0 Å². The van der Waals surface area contributed by atoms with Crippen LogP contribution in [-0.4, -0.2) is 25.8 Å². The summed E-state index contributed by atoms with van der Waals surface area (Å²) in [6.07, 6.45) is 6.50. The number of esters is 1. The van der Waals surface area contributed by atoms with Crippen molar-refractivity contribution in [3.8, 4) is 0 Å². The third kappa shape index (κ3) is 9.19. The van der Waals surface area contributed by atoms with Crippen LogP contribution in [0.4, 0.5) is 0 Å². The zero-order valence-electron chi connectivity index (χ0n) is 14.7. The molecule has 1 aromatic rings. The van der Waals surface area contributed by atoms with Crippen LogP contribution in [0.5, 0.6) is 0 Å². The minimum atomic E-state index is -0.281. The molecule has 0 fully saturated rings. The highest BCUT2D eigenvalue weighted by molar-refractivity contribution is 5.94. The van der Waals surface area contributed by atoms with Gasteiger partial charge in [0.1, 0.15) is 0 Å². The van der Waals surface area contributed by atoms with E-state index >= 15 is 0 Å². The third-order valence-corrected chi connectivity index (χ3v) is 3.35. The van der Waals surface area contributed by atoms with Crippen molar-refractivity contribution in [2.24, 2.45) is 5.92 Å². The number of carbonyl (C=O) groups excluding carboxylic acids is 1. The van der Waals surface area contributed by atoms with Gasteiger partial charge in [0.2, 0.25) is 0 Å². The Labute approximate surface area is 140 Å². The fraction of sp³-hybridized carbons (Fsp3) is 0.550. The Kier molecular flexibility index (Phi) is 10.0. The highest BCUT2D eigenvalue weighted by Gasteiger charge is 2.12. The van der Waals surface area contributed by atoms with Crippen molar-refractivity contribution >= 4 is 12.0 Å². The van der Waals surface area contributed by atoms with E-state index in [0.717, 1.165) is 12.0 Å². The molecular formula is C20H30O3. The fourth-order valence-electron chi connectivity index (χ4n) is 2.06. The lowest BCUT2D eigenvalue weighted by Gasteiger charge is -2.11. The van der Waals surface area contributed by atoms with Gasteiger partial charge in [0.15, 0.2) is 0 Å². The molecule has 0 bridgehead atoms. The smallest absolute Gasteiger partial charge is 0.336 e. The summed E-state index contributed by atoms with van der Waals surface area (Å²) in [6.45, 7) is 7.66. The average molecular weight is 318 g/mol. The Hall–Kier alpha value is -1.61. The largest absolute Gasteiger partial charge is 0.462 e. The summed E-state index contributed by atoms with van der Waals surface area (Å²) in [6, 6.07) is 9.80. The average Bonchev–Trinajstić information content (AvgIpc) is 2.55. The minimum Gasteiger partial charge on any atom is -0.462 e. The molecule has 1 rings (SSSR count). The van der Waals surface area contributed by atoms with Gasteiger partial charge in [0, 0.05) is 6.61 Å². The number of hydrogen-bond donors (Lipinski definition) is 0. The van der Waals surface area contributed by atoms with Crippen LogP contribution in [0.25, 0.3) is 6.08 Å². The molecule has 0 spiro atoms. The summed E-state index contributed by atoms with van der Waals surface area (Å²) in [4.78, 5) is 12.2. The van der Waals surface area contributed by atoms with Gasteiger partial charge in [0.25, 0.3) is 0 Å². The van der Waals surface area contributed by atoms with E-state index in [-0.39, 0.29) is 5.97 Å². The molecule has 0 atom stereocenters. The van der Waals surface area contributed by atoms with Gasteiger partial charge in [-0.25, -0.2) is 4.79 Å². The Bertz CT molecular complexity index is 463. The van der Waals surface area contributed by atoms with Crippen LogP contribution in [0, 0.1) is 5.92 Å². The monoisotopic (exact) mass is 318 g/mol. The predicted molar refractivity (Wildman–Crippen MR) is 95.2 cm³/mol. The first-order valence-corrected chi connectivity index (χ1v) is 8.64. The third-order valence-electron chi connectivity index (χ3n) is 3.35. The summed E-state index contributed by atoms with van der Waals surface area (Å²) in [5, 5.41) is 0. The number of hydrogen-bond acceptors (Lipinski definition) is 3. The Morgan fingerprint density at radius 2 is 1.87 bits per heavy atom. The SMILES string of the molecule is CCCCCCOCC(=Cc1ccccc1)C(=O)OCC(C)C. The molecule has 0 aliphatic heterocycles. The van der Waals surface area contributed by atoms with E-state index < -0.39 is 0 Å². The topological polar surface area (TPSA) is 35.5 Å². The van der Waals surface area contributed by atoms with Gasteiger partial charge in [-0.2, -0.15) is 0 Å². The quantitative estimate of drug-likeness (QED) is 0.332. The van der Waals surface area contributed by atoms with Crippen LogP contribution in [0.3, 0.4) is 0 Å². The molecule has 0 aliphatic carbocycles. The van der Waals surface area contributed by atoms with E-state index in [9.17, 15) is 4.79 Å². The van der Waals surface area contributed by atoms with Crippen LogP contribution in [0.15, 0.2) is 35.9 Å². The van der Waals surface area contributed by atoms with Crippen LogP contribution < -0.4 is 0 Å². The van der Waals surface area contributed by atoms with E-state index in [4.69, 9.17) is 9.47 Å². The van der Waals surface area contributed by atoms with Gasteiger partial charge >= 0.3 is 5.97 Å². The first-order valence-electron chi connectivity index (χ1n) is 8.64.